The van der Waals surface area contributed by atoms with E-state index in [0.29, 0.717) is 22.5 Å². The second-order valence-electron chi connectivity index (χ2n) is 7.61. The third kappa shape index (κ3) is 5.42. The number of nitrogens with one attached hydrogen (secondary N) is 2. The summed E-state index contributed by atoms with van der Waals surface area (Å²) in [6, 6.07) is 12.1. The van der Waals surface area contributed by atoms with Crippen molar-refractivity contribution in [3.05, 3.63) is 59.2 Å². The molecule has 0 spiro atoms. The van der Waals surface area contributed by atoms with Crippen LogP contribution in [-0.4, -0.2) is 47.2 Å². The van der Waals surface area contributed by atoms with Crippen LogP contribution in [0, 0.1) is 12.8 Å². The highest BCUT2D eigenvalue weighted by Gasteiger charge is 2.19. The third-order valence-corrected chi connectivity index (χ3v) is 5.90. The van der Waals surface area contributed by atoms with Gasteiger partial charge in [0.15, 0.2) is 0 Å². The fourth-order valence-corrected chi connectivity index (χ4v) is 3.98. The van der Waals surface area contributed by atoms with Gasteiger partial charge in [-0.15, -0.1) is 0 Å². The van der Waals surface area contributed by atoms with Gasteiger partial charge < -0.3 is 15.5 Å². The van der Waals surface area contributed by atoms with Crippen molar-refractivity contribution in [2.75, 3.05) is 35.2 Å². The average molecular weight is 426 g/mol. The lowest BCUT2D eigenvalue weighted by Gasteiger charge is -2.26. The molecular weight excluding hydrogens is 398 g/mol. The standard InChI is InChI=1S/C23H27N3O3S/c1-15(2)21(27)24-19-7-4-17(5-8-19)22(28)25-20-9-6-18(14-16(20)3)23(29)26-10-12-30-13-11-26/h4-9,14-15H,10-13H2,1-3H3,(H,24,27)(H,25,28). The molecule has 0 aromatic heterocycles. The zero-order chi connectivity index (χ0) is 21.7. The number of aryl methyl sites for hydroxylation is 1. The molecule has 0 saturated carbocycles. The predicted octanol–water partition coefficient (Wildman–Crippen LogP) is 4.03. The summed E-state index contributed by atoms with van der Waals surface area (Å²) in [6.45, 7) is 7.07. The van der Waals surface area contributed by atoms with Crippen LogP contribution in [0.4, 0.5) is 11.4 Å². The van der Waals surface area contributed by atoms with E-state index in [1.54, 1.807) is 36.4 Å². The lowest BCUT2D eigenvalue weighted by Crippen LogP contribution is -2.37. The van der Waals surface area contributed by atoms with Crippen LogP contribution in [0.2, 0.25) is 0 Å². The van der Waals surface area contributed by atoms with Crippen molar-refractivity contribution in [2.45, 2.75) is 20.8 Å². The maximum absolute atomic E-state index is 12.7. The average Bonchev–Trinajstić information content (AvgIpc) is 2.75. The van der Waals surface area contributed by atoms with Gasteiger partial charge in [-0.05, 0) is 55.0 Å². The molecular formula is C23H27N3O3S. The quantitative estimate of drug-likeness (QED) is 0.758. The van der Waals surface area contributed by atoms with Crippen LogP contribution < -0.4 is 10.6 Å². The summed E-state index contributed by atoms with van der Waals surface area (Å²) >= 11 is 1.86. The molecule has 0 atom stereocenters. The van der Waals surface area contributed by atoms with E-state index in [-0.39, 0.29) is 23.6 Å². The van der Waals surface area contributed by atoms with Gasteiger partial charge in [0.1, 0.15) is 0 Å². The van der Waals surface area contributed by atoms with Crippen LogP contribution in [0.15, 0.2) is 42.5 Å². The Morgan fingerprint density at radius 3 is 2.17 bits per heavy atom. The summed E-state index contributed by atoms with van der Waals surface area (Å²) in [6.07, 6.45) is 0. The van der Waals surface area contributed by atoms with Crippen LogP contribution >= 0.6 is 11.8 Å². The SMILES string of the molecule is Cc1cc(C(=O)N2CCSCC2)ccc1NC(=O)c1ccc(NC(=O)C(C)C)cc1. The molecule has 2 aromatic rings. The Bertz CT molecular complexity index is 935. The Morgan fingerprint density at radius 2 is 1.57 bits per heavy atom. The van der Waals surface area contributed by atoms with Gasteiger partial charge in [-0.2, -0.15) is 11.8 Å². The molecule has 0 radical (unpaired) electrons. The first-order valence-corrected chi connectivity index (χ1v) is 11.2. The maximum Gasteiger partial charge on any atom is 0.255 e. The second-order valence-corrected chi connectivity index (χ2v) is 8.83. The van der Waals surface area contributed by atoms with E-state index >= 15 is 0 Å². The van der Waals surface area contributed by atoms with Crippen molar-refractivity contribution in [2.24, 2.45) is 5.92 Å². The highest BCUT2D eigenvalue weighted by Crippen LogP contribution is 2.21. The molecule has 3 rings (SSSR count). The Morgan fingerprint density at radius 1 is 0.933 bits per heavy atom. The summed E-state index contributed by atoms with van der Waals surface area (Å²) in [7, 11) is 0. The molecule has 1 saturated heterocycles. The third-order valence-electron chi connectivity index (χ3n) is 4.96. The molecule has 0 aliphatic carbocycles. The second kappa shape index (κ2) is 9.80. The van der Waals surface area contributed by atoms with Gasteiger partial charge in [-0.1, -0.05) is 13.8 Å². The Labute approximate surface area is 181 Å². The number of hydrogen-bond donors (Lipinski definition) is 2. The topological polar surface area (TPSA) is 78.5 Å². The van der Waals surface area contributed by atoms with E-state index in [0.717, 1.165) is 30.2 Å². The minimum absolute atomic E-state index is 0.0373. The molecule has 1 aliphatic heterocycles. The van der Waals surface area contributed by atoms with E-state index in [2.05, 4.69) is 10.6 Å². The van der Waals surface area contributed by atoms with Crippen LogP contribution in [0.1, 0.15) is 40.1 Å². The van der Waals surface area contributed by atoms with Crippen LogP contribution in [0.3, 0.4) is 0 Å². The molecule has 1 heterocycles. The number of hydrogen-bond acceptors (Lipinski definition) is 4. The fourth-order valence-electron chi connectivity index (χ4n) is 3.07. The Kier molecular flexibility index (Phi) is 7.15. The minimum Gasteiger partial charge on any atom is -0.337 e. The lowest BCUT2D eigenvalue weighted by molar-refractivity contribution is -0.118. The normalized spacial score (nSPS) is 13.8. The zero-order valence-electron chi connectivity index (χ0n) is 17.5. The molecule has 2 N–H and O–H groups in total. The van der Waals surface area contributed by atoms with Crippen molar-refractivity contribution in [1.29, 1.82) is 0 Å². The van der Waals surface area contributed by atoms with Crippen molar-refractivity contribution >= 4 is 40.9 Å². The van der Waals surface area contributed by atoms with E-state index < -0.39 is 0 Å². The van der Waals surface area contributed by atoms with Crippen molar-refractivity contribution in [3.8, 4) is 0 Å². The van der Waals surface area contributed by atoms with Crippen molar-refractivity contribution < 1.29 is 14.4 Å². The molecule has 30 heavy (non-hydrogen) atoms. The Hall–Kier alpha value is -2.80. The fraction of sp³-hybridized carbons (Fsp3) is 0.348. The molecule has 1 aliphatic rings. The maximum atomic E-state index is 12.7. The minimum atomic E-state index is -0.244. The van der Waals surface area contributed by atoms with Gasteiger partial charge in [0.25, 0.3) is 11.8 Å². The van der Waals surface area contributed by atoms with Crippen molar-refractivity contribution in [1.82, 2.24) is 4.90 Å². The number of nitrogens with zero attached hydrogens (tertiary/aromatic N) is 1. The number of anilines is 2. The van der Waals surface area contributed by atoms with E-state index in [4.69, 9.17) is 0 Å². The predicted molar refractivity (Wildman–Crippen MR) is 122 cm³/mol. The number of amides is 3. The first-order chi connectivity index (χ1) is 14.3. The summed E-state index contributed by atoms with van der Waals surface area (Å²) in [5.41, 5.74) is 3.29. The van der Waals surface area contributed by atoms with Gasteiger partial charge in [0, 0.05) is 53.0 Å². The zero-order valence-corrected chi connectivity index (χ0v) is 18.3. The number of thioether (sulfide) groups is 1. The van der Waals surface area contributed by atoms with E-state index in [1.165, 1.54) is 0 Å². The molecule has 158 valence electrons. The lowest BCUT2D eigenvalue weighted by atomic mass is 10.1. The van der Waals surface area contributed by atoms with Gasteiger partial charge in [0.2, 0.25) is 5.91 Å². The van der Waals surface area contributed by atoms with Gasteiger partial charge in [-0.3, -0.25) is 14.4 Å². The molecule has 0 unspecified atom stereocenters. The van der Waals surface area contributed by atoms with Crippen molar-refractivity contribution in [3.63, 3.8) is 0 Å². The monoisotopic (exact) mass is 425 g/mol. The molecule has 0 bridgehead atoms. The van der Waals surface area contributed by atoms with E-state index in [9.17, 15) is 14.4 Å². The van der Waals surface area contributed by atoms with E-state index in [1.807, 2.05) is 43.5 Å². The number of benzene rings is 2. The molecule has 7 heteroatoms. The number of rotatable bonds is 5. The van der Waals surface area contributed by atoms with Gasteiger partial charge in [0.05, 0.1) is 0 Å². The molecule has 1 fully saturated rings. The summed E-state index contributed by atoms with van der Waals surface area (Å²) in [4.78, 5) is 38.9. The molecule has 3 amide bonds. The van der Waals surface area contributed by atoms with Crippen LogP contribution in [0.25, 0.3) is 0 Å². The summed E-state index contributed by atoms with van der Waals surface area (Å²) < 4.78 is 0. The summed E-state index contributed by atoms with van der Waals surface area (Å²) in [5, 5.41) is 5.70. The first-order valence-electron chi connectivity index (χ1n) is 10.0. The Balaban J connectivity index is 1.65. The highest BCUT2D eigenvalue weighted by molar-refractivity contribution is 7.99. The highest BCUT2D eigenvalue weighted by atomic mass is 32.2. The summed E-state index contributed by atoms with van der Waals surface area (Å²) in [5.74, 6) is 1.56. The molecule has 2 aromatic carbocycles. The van der Waals surface area contributed by atoms with Gasteiger partial charge >= 0.3 is 0 Å². The number of carbonyl (C=O) groups is 3. The number of carbonyl (C=O) groups excluding carboxylic acids is 3. The van der Waals surface area contributed by atoms with Crippen LogP contribution in [-0.2, 0) is 4.79 Å². The first kappa shape index (κ1) is 21.9. The molecule has 6 nitrogen and oxygen atoms in total. The largest absolute Gasteiger partial charge is 0.337 e. The van der Waals surface area contributed by atoms with Gasteiger partial charge in [-0.25, -0.2) is 0 Å². The smallest absolute Gasteiger partial charge is 0.255 e. The van der Waals surface area contributed by atoms with Crippen LogP contribution in [0.5, 0.6) is 0 Å².